The number of carbonyl (C=O) groups excluding carboxylic acids is 1. The largest absolute Gasteiger partial charge is 0.316 e. The molecule has 1 heterocycles. The van der Waals surface area contributed by atoms with Crippen molar-refractivity contribution in [3.63, 3.8) is 0 Å². The molecule has 1 aromatic rings. The first kappa shape index (κ1) is 12.3. The molecule has 1 aliphatic rings. The molecular weight excluding hydrogens is 210 g/mol. The Morgan fingerprint density at radius 3 is 2.59 bits per heavy atom. The molecule has 0 aromatic heterocycles. The van der Waals surface area contributed by atoms with Gasteiger partial charge in [0.2, 0.25) is 0 Å². The molecule has 1 atom stereocenters. The van der Waals surface area contributed by atoms with Crippen molar-refractivity contribution in [2.24, 2.45) is 5.92 Å². The summed E-state index contributed by atoms with van der Waals surface area (Å²) >= 11 is 0. The van der Waals surface area contributed by atoms with Crippen molar-refractivity contribution in [1.82, 2.24) is 5.32 Å². The maximum atomic E-state index is 12.1. The third-order valence-corrected chi connectivity index (χ3v) is 3.49. The Morgan fingerprint density at radius 1 is 1.29 bits per heavy atom. The second-order valence-corrected chi connectivity index (χ2v) is 5.20. The highest BCUT2D eigenvalue weighted by molar-refractivity contribution is 5.96. The van der Waals surface area contributed by atoms with Crippen molar-refractivity contribution in [3.8, 4) is 0 Å². The van der Waals surface area contributed by atoms with Gasteiger partial charge in [0, 0.05) is 12.0 Å². The minimum Gasteiger partial charge on any atom is -0.316 e. The molecule has 1 aliphatic heterocycles. The molecule has 1 aromatic carbocycles. The molecule has 1 N–H and O–H groups in total. The molecule has 0 spiro atoms. The summed E-state index contributed by atoms with van der Waals surface area (Å²) in [4.78, 5) is 12.1. The Labute approximate surface area is 103 Å². The van der Waals surface area contributed by atoms with Crippen molar-refractivity contribution < 1.29 is 4.79 Å². The van der Waals surface area contributed by atoms with E-state index in [-0.39, 0.29) is 0 Å². The van der Waals surface area contributed by atoms with E-state index in [2.05, 4.69) is 11.4 Å². The standard InChI is InChI=1S/C15H21NO/c1-11-7-12(2)9-14(8-11)15(17)4-3-13-5-6-16-10-13/h7-9,13,16H,3-6,10H2,1-2H3. The number of ketones is 1. The van der Waals surface area contributed by atoms with Gasteiger partial charge in [0.25, 0.3) is 0 Å². The van der Waals surface area contributed by atoms with Crippen LogP contribution in [0.4, 0.5) is 0 Å². The fourth-order valence-electron chi connectivity index (χ4n) is 2.58. The minimum atomic E-state index is 0.295. The van der Waals surface area contributed by atoms with Gasteiger partial charge < -0.3 is 5.32 Å². The first-order valence-corrected chi connectivity index (χ1v) is 6.47. The van der Waals surface area contributed by atoms with E-state index in [1.807, 2.05) is 26.0 Å². The molecule has 1 unspecified atom stereocenters. The van der Waals surface area contributed by atoms with Crippen LogP contribution in [0.5, 0.6) is 0 Å². The van der Waals surface area contributed by atoms with Crippen molar-refractivity contribution >= 4 is 5.78 Å². The first-order chi connectivity index (χ1) is 8.15. The van der Waals surface area contributed by atoms with E-state index in [4.69, 9.17) is 0 Å². The highest BCUT2D eigenvalue weighted by atomic mass is 16.1. The molecule has 1 saturated heterocycles. The average molecular weight is 231 g/mol. The van der Waals surface area contributed by atoms with E-state index in [1.165, 1.54) is 17.5 Å². The number of aryl methyl sites for hydroxylation is 2. The predicted molar refractivity (Wildman–Crippen MR) is 70.5 cm³/mol. The van der Waals surface area contributed by atoms with E-state index >= 15 is 0 Å². The van der Waals surface area contributed by atoms with Crippen molar-refractivity contribution in [2.75, 3.05) is 13.1 Å². The van der Waals surface area contributed by atoms with Gasteiger partial charge in [0.1, 0.15) is 0 Å². The van der Waals surface area contributed by atoms with Gasteiger partial charge >= 0.3 is 0 Å². The van der Waals surface area contributed by atoms with Crippen LogP contribution >= 0.6 is 0 Å². The number of Topliss-reactive ketones (excluding diaryl/α,β-unsaturated/α-hetero) is 1. The lowest BCUT2D eigenvalue weighted by atomic mass is 9.96. The van der Waals surface area contributed by atoms with Crippen LogP contribution in [0.25, 0.3) is 0 Å². The Morgan fingerprint density at radius 2 is 2.00 bits per heavy atom. The van der Waals surface area contributed by atoms with Gasteiger partial charge in [0.15, 0.2) is 5.78 Å². The van der Waals surface area contributed by atoms with E-state index in [0.717, 1.165) is 25.1 Å². The normalized spacial score (nSPS) is 19.5. The zero-order chi connectivity index (χ0) is 12.3. The van der Waals surface area contributed by atoms with Gasteiger partial charge in [-0.25, -0.2) is 0 Å². The fourth-order valence-corrected chi connectivity index (χ4v) is 2.58. The highest BCUT2D eigenvalue weighted by Crippen LogP contribution is 2.17. The summed E-state index contributed by atoms with van der Waals surface area (Å²) in [7, 11) is 0. The Hall–Kier alpha value is -1.15. The van der Waals surface area contributed by atoms with E-state index in [1.54, 1.807) is 0 Å². The maximum absolute atomic E-state index is 12.1. The molecule has 92 valence electrons. The summed E-state index contributed by atoms with van der Waals surface area (Å²) < 4.78 is 0. The second kappa shape index (κ2) is 5.46. The predicted octanol–water partition coefficient (Wildman–Crippen LogP) is 2.88. The van der Waals surface area contributed by atoms with Crippen LogP contribution in [-0.2, 0) is 0 Å². The topological polar surface area (TPSA) is 29.1 Å². The van der Waals surface area contributed by atoms with Gasteiger partial charge in [-0.1, -0.05) is 17.2 Å². The smallest absolute Gasteiger partial charge is 0.162 e. The summed E-state index contributed by atoms with van der Waals surface area (Å²) in [6, 6.07) is 6.11. The van der Waals surface area contributed by atoms with Crippen LogP contribution < -0.4 is 5.32 Å². The molecule has 0 radical (unpaired) electrons. The summed E-state index contributed by atoms with van der Waals surface area (Å²) in [6.07, 6.45) is 2.94. The van der Waals surface area contributed by atoms with Gasteiger partial charge in [-0.15, -0.1) is 0 Å². The zero-order valence-corrected chi connectivity index (χ0v) is 10.8. The summed E-state index contributed by atoms with van der Waals surface area (Å²) in [5.74, 6) is 0.994. The molecule has 2 rings (SSSR count). The Kier molecular flexibility index (Phi) is 3.95. The third kappa shape index (κ3) is 3.40. The van der Waals surface area contributed by atoms with Gasteiger partial charge in [-0.05, 0) is 57.8 Å². The molecule has 0 aliphatic carbocycles. The number of carbonyl (C=O) groups is 1. The lowest BCUT2D eigenvalue weighted by Crippen LogP contribution is -2.10. The molecule has 0 amide bonds. The number of nitrogens with one attached hydrogen (secondary N) is 1. The van der Waals surface area contributed by atoms with Crippen molar-refractivity contribution in [2.45, 2.75) is 33.1 Å². The number of benzene rings is 1. The molecular formula is C15H21NO. The number of hydrogen-bond acceptors (Lipinski definition) is 2. The third-order valence-electron chi connectivity index (χ3n) is 3.49. The van der Waals surface area contributed by atoms with Gasteiger partial charge in [-0.3, -0.25) is 4.79 Å². The molecule has 2 nitrogen and oxygen atoms in total. The molecule has 1 fully saturated rings. The van der Waals surface area contributed by atoms with Gasteiger partial charge in [-0.2, -0.15) is 0 Å². The van der Waals surface area contributed by atoms with Crippen LogP contribution in [0.15, 0.2) is 18.2 Å². The minimum absolute atomic E-state index is 0.295. The van der Waals surface area contributed by atoms with Crippen LogP contribution in [0, 0.1) is 19.8 Å². The Balaban J connectivity index is 1.94. The molecule has 2 heteroatoms. The molecule has 17 heavy (non-hydrogen) atoms. The quantitative estimate of drug-likeness (QED) is 0.807. The summed E-state index contributed by atoms with van der Waals surface area (Å²) in [5, 5.41) is 3.34. The lowest BCUT2D eigenvalue weighted by Gasteiger charge is -2.08. The van der Waals surface area contributed by atoms with Gasteiger partial charge in [0.05, 0.1) is 0 Å². The summed E-state index contributed by atoms with van der Waals surface area (Å²) in [6.45, 7) is 6.29. The zero-order valence-electron chi connectivity index (χ0n) is 10.8. The van der Waals surface area contributed by atoms with E-state index < -0.39 is 0 Å². The fraction of sp³-hybridized carbons (Fsp3) is 0.533. The SMILES string of the molecule is Cc1cc(C)cc(C(=O)CCC2CCNC2)c1. The van der Waals surface area contributed by atoms with Crippen LogP contribution in [-0.4, -0.2) is 18.9 Å². The first-order valence-electron chi connectivity index (χ1n) is 6.47. The molecule has 0 saturated carbocycles. The van der Waals surface area contributed by atoms with E-state index in [9.17, 15) is 4.79 Å². The van der Waals surface area contributed by atoms with Crippen LogP contribution in [0.1, 0.15) is 40.7 Å². The monoisotopic (exact) mass is 231 g/mol. The summed E-state index contributed by atoms with van der Waals surface area (Å²) in [5.41, 5.74) is 3.24. The number of rotatable bonds is 4. The van der Waals surface area contributed by atoms with Crippen LogP contribution in [0.3, 0.4) is 0 Å². The Bertz CT molecular complexity index is 385. The second-order valence-electron chi connectivity index (χ2n) is 5.20. The highest BCUT2D eigenvalue weighted by Gasteiger charge is 2.16. The van der Waals surface area contributed by atoms with Crippen molar-refractivity contribution in [3.05, 3.63) is 34.9 Å². The van der Waals surface area contributed by atoms with E-state index in [0.29, 0.717) is 18.1 Å². The number of hydrogen-bond donors (Lipinski definition) is 1. The maximum Gasteiger partial charge on any atom is 0.162 e. The van der Waals surface area contributed by atoms with Crippen LogP contribution in [0.2, 0.25) is 0 Å². The lowest BCUT2D eigenvalue weighted by molar-refractivity contribution is 0.0974. The average Bonchev–Trinajstić information content (AvgIpc) is 2.77. The molecule has 0 bridgehead atoms. The van der Waals surface area contributed by atoms with Crippen molar-refractivity contribution in [1.29, 1.82) is 0 Å².